The zero-order valence-corrected chi connectivity index (χ0v) is 23.3. The summed E-state index contributed by atoms with van der Waals surface area (Å²) in [7, 11) is 5.46. The van der Waals surface area contributed by atoms with Crippen molar-refractivity contribution >= 4 is 40.3 Å². The number of para-hydroxylation sites is 2. The fraction of sp³-hybridized carbons (Fsp3) is 0.357. The standard InChI is InChI=1S/C28H32ClN5O2S/c1-32(13-7-14-33-15-11-19-16-24(35-2)25(36-3)17-20(19)18-33)23-10-12-30-27(26(23)29)28-31-21-8-5-6-9-22(21)34(28)37-4/h5-6,8-10,12,16-17H,7,11,13-15,18H2,1-4H3. The van der Waals surface area contributed by atoms with Gasteiger partial charge in [0.25, 0.3) is 0 Å². The Hall–Kier alpha value is -2.94. The normalized spacial score (nSPS) is 13.5. The minimum atomic E-state index is 0.628. The van der Waals surface area contributed by atoms with Gasteiger partial charge in [-0.15, -0.1) is 0 Å². The molecule has 0 radical (unpaired) electrons. The van der Waals surface area contributed by atoms with E-state index in [-0.39, 0.29) is 0 Å². The molecule has 5 rings (SSSR count). The van der Waals surface area contributed by atoms with E-state index in [1.54, 1.807) is 26.2 Å². The monoisotopic (exact) mass is 537 g/mol. The molecule has 9 heteroatoms. The average molecular weight is 538 g/mol. The van der Waals surface area contributed by atoms with Crippen LogP contribution in [0.15, 0.2) is 48.7 Å². The van der Waals surface area contributed by atoms with Crippen molar-refractivity contribution in [1.82, 2.24) is 18.8 Å². The van der Waals surface area contributed by atoms with Crippen molar-refractivity contribution in [3.05, 3.63) is 64.8 Å². The maximum atomic E-state index is 6.93. The summed E-state index contributed by atoms with van der Waals surface area (Å²) in [6.07, 6.45) is 5.89. The lowest BCUT2D eigenvalue weighted by Gasteiger charge is -2.30. The molecule has 194 valence electrons. The first kappa shape index (κ1) is 25.7. The van der Waals surface area contributed by atoms with E-state index >= 15 is 0 Å². The van der Waals surface area contributed by atoms with Crippen molar-refractivity contribution in [1.29, 1.82) is 0 Å². The minimum Gasteiger partial charge on any atom is -0.493 e. The predicted molar refractivity (Wildman–Crippen MR) is 153 cm³/mol. The number of halogens is 1. The van der Waals surface area contributed by atoms with Crippen LogP contribution in [0.3, 0.4) is 0 Å². The Labute approximate surface area is 227 Å². The summed E-state index contributed by atoms with van der Waals surface area (Å²) in [5.74, 6) is 2.37. The summed E-state index contributed by atoms with van der Waals surface area (Å²) in [6, 6.07) is 14.3. The minimum absolute atomic E-state index is 0.628. The van der Waals surface area contributed by atoms with Crippen LogP contribution in [-0.2, 0) is 13.0 Å². The van der Waals surface area contributed by atoms with E-state index in [1.807, 2.05) is 36.7 Å². The van der Waals surface area contributed by atoms with Gasteiger partial charge in [-0.05, 0) is 66.2 Å². The highest BCUT2D eigenvalue weighted by atomic mass is 35.5. The Morgan fingerprint density at radius 3 is 2.59 bits per heavy atom. The Bertz CT molecular complexity index is 1410. The first-order valence-electron chi connectivity index (χ1n) is 12.4. The van der Waals surface area contributed by atoms with Crippen molar-refractivity contribution in [2.75, 3.05) is 52.1 Å². The van der Waals surface area contributed by atoms with E-state index in [2.05, 4.69) is 44.0 Å². The molecule has 3 heterocycles. The highest BCUT2D eigenvalue weighted by Gasteiger charge is 2.21. The molecule has 1 aliphatic rings. The summed E-state index contributed by atoms with van der Waals surface area (Å²) < 4.78 is 13.1. The van der Waals surface area contributed by atoms with Crippen LogP contribution in [0.5, 0.6) is 11.5 Å². The molecular formula is C28H32ClN5O2S. The van der Waals surface area contributed by atoms with Crippen LogP contribution in [0.25, 0.3) is 22.6 Å². The maximum absolute atomic E-state index is 6.93. The van der Waals surface area contributed by atoms with Gasteiger partial charge in [0.2, 0.25) is 0 Å². The van der Waals surface area contributed by atoms with Crippen LogP contribution < -0.4 is 14.4 Å². The quantitative estimate of drug-likeness (QED) is 0.268. The SMILES string of the molecule is COc1cc2c(cc1OC)CN(CCCN(C)c1ccnc(-c3nc4ccccc4n3SC)c1Cl)CC2. The predicted octanol–water partition coefficient (Wildman–Crippen LogP) is 5.78. The van der Waals surface area contributed by atoms with Gasteiger partial charge in [0.1, 0.15) is 5.69 Å². The van der Waals surface area contributed by atoms with Crippen molar-refractivity contribution in [2.45, 2.75) is 19.4 Å². The molecular weight excluding hydrogens is 506 g/mol. The number of aromatic nitrogens is 3. The molecule has 37 heavy (non-hydrogen) atoms. The Kier molecular flexibility index (Phi) is 7.79. The van der Waals surface area contributed by atoms with Gasteiger partial charge < -0.3 is 14.4 Å². The molecule has 0 aliphatic carbocycles. The molecule has 0 saturated heterocycles. The Morgan fingerprint density at radius 1 is 1.08 bits per heavy atom. The van der Waals surface area contributed by atoms with Crippen LogP contribution >= 0.6 is 23.5 Å². The first-order valence-corrected chi connectivity index (χ1v) is 13.9. The molecule has 2 aromatic carbocycles. The van der Waals surface area contributed by atoms with Crippen LogP contribution in [-0.4, -0.2) is 66.0 Å². The van der Waals surface area contributed by atoms with E-state index in [9.17, 15) is 0 Å². The van der Waals surface area contributed by atoms with E-state index in [4.69, 9.17) is 26.1 Å². The fourth-order valence-electron chi connectivity index (χ4n) is 5.01. The Balaban J connectivity index is 1.26. The molecule has 0 spiro atoms. The molecule has 0 unspecified atom stereocenters. The van der Waals surface area contributed by atoms with Crippen LogP contribution in [0.2, 0.25) is 5.02 Å². The molecule has 0 saturated carbocycles. The van der Waals surface area contributed by atoms with E-state index in [1.165, 1.54) is 11.1 Å². The number of benzene rings is 2. The first-order chi connectivity index (χ1) is 18.0. The second-order valence-corrected chi connectivity index (χ2v) is 10.3. The molecule has 0 fully saturated rings. The van der Waals surface area contributed by atoms with E-state index in [0.29, 0.717) is 10.7 Å². The van der Waals surface area contributed by atoms with E-state index in [0.717, 1.165) is 73.1 Å². The summed E-state index contributed by atoms with van der Waals surface area (Å²) in [5, 5.41) is 0.628. The zero-order valence-electron chi connectivity index (χ0n) is 21.7. The second-order valence-electron chi connectivity index (χ2n) is 9.17. The number of hydrogen-bond donors (Lipinski definition) is 0. The summed E-state index contributed by atoms with van der Waals surface area (Å²) in [4.78, 5) is 14.2. The molecule has 0 N–H and O–H groups in total. The molecule has 0 amide bonds. The number of rotatable bonds is 9. The smallest absolute Gasteiger partial charge is 0.171 e. The molecule has 2 aromatic heterocycles. The van der Waals surface area contributed by atoms with Gasteiger partial charge in [0.15, 0.2) is 17.3 Å². The van der Waals surface area contributed by atoms with Crippen molar-refractivity contribution in [3.8, 4) is 23.0 Å². The fourth-order valence-corrected chi connectivity index (χ4v) is 6.00. The van der Waals surface area contributed by atoms with Crippen LogP contribution in [0, 0.1) is 0 Å². The number of fused-ring (bicyclic) bond motifs is 2. The van der Waals surface area contributed by atoms with Crippen molar-refractivity contribution in [2.24, 2.45) is 0 Å². The number of ether oxygens (including phenoxy) is 2. The largest absolute Gasteiger partial charge is 0.493 e. The van der Waals surface area contributed by atoms with Crippen LogP contribution in [0.1, 0.15) is 17.5 Å². The zero-order chi connectivity index (χ0) is 25.9. The van der Waals surface area contributed by atoms with Gasteiger partial charge in [-0.3, -0.25) is 13.9 Å². The maximum Gasteiger partial charge on any atom is 0.171 e. The van der Waals surface area contributed by atoms with Crippen molar-refractivity contribution in [3.63, 3.8) is 0 Å². The number of nitrogens with zero attached hydrogens (tertiary/aromatic N) is 5. The Morgan fingerprint density at radius 2 is 1.84 bits per heavy atom. The number of pyridine rings is 1. The molecule has 0 bridgehead atoms. The number of methoxy groups -OCH3 is 2. The van der Waals surface area contributed by atoms with Gasteiger partial charge in [-0.1, -0.05) is 23.7 Å². The lowest BCUT2D eigenvalue weighted by atomic mass is 9.98. The number of hydrogen-bond acceptors (Lipinski definition) is 7. The third kappa shape index (κ3) is 5.10. The van der Waals surface area contributed by atoms with E-state index < -0.39 is 0 Å². The summed E-state index contributed by atoms with van der Waals surface area (Å²) in [6.45, 7) is 3.86. The third-order valence-electron chi connectivity index (χ3n) is 6.96. The lowest BCUT2D eigenvalue weighted by Crippen LogP contribution is -2.33. The second kappa shape index (κ2) is 11.2. The van der Waals surface area contributed by atoms with Gasteiger partial charge in [-0.2, -0.15) is 0 Å². The topological polar surface area (TPSA) is 55.7 Å². The van der Waals surface area contributed by atoms with Gasteiger partial charge >= 0.3 is 0 Å². The van der Waals surface area contributed by atoms with Gasteiger partial charge in [0.05, 0.1) is 36.0 Å². The molecule has 0 atom stereocenters. The highest BCUT2D eigenvalue weighted by Crippen LogP contribution is 2.36. The third-order valence-corrected chi connectivity index (χ3v) is 8.07. The van der Waals surface area contributed by atoms with Gasteiger partial charge in [0, 0.05) is 45.7 Å². The number of imidazole rings is 1. The summed E-state index contributed by atoms with van der Waals surface area (Å²) in [5.41, 5.74) is 6.32. The number of anilines is 1. The van der Waals surface area contributed by atoms with Gasteiger partial charge in [-0.25, -0.2) is 4.98 Å². The highest BCUT2D eigenvalue weighted by molar-refractivity contribution is 7.97. The molecule has 4 aromatic rings. The molecule has 1 aliphatic heterocycles. The average Bonchev–Trinajstić information content (AvgIpc) is 3.30. The summed E-state index contributed by atoms with van der Waals surface area (Å²) >= 11 is 8.53. The van der Waals surface area contributed by atoms with Crippen molar-refractivity contribution < 1.29 is 9.47 Å². The molecule has 7 nitrogen and oxygen atoms in total. The van der Waals surface area contributed by atoms with Crippen LogP contribution in [0.4, 0.5) is 5.69 Å². The lowest BCUT2D eigenvalue weighted by molar-refractivity contribution is 0.250.